The second-order valence-corrected chi connectivity index (χ2v) is 5.63. The minimum absolute atomic E-state index is 0.137. The fourth-order valence-corrected chi connectivity index (χ4v) is 2.95. The minimum Gasteiger partial charge on any atom is -0.353 e. The van der Waals surface area contributed by atoms with E-state index in [1.165, 1.54) is 0 Å². The summed E-state index contributed by atoms with van der Waals surface area (Å²) in [5.41, 5.74) is 0.903. The summed E-state index contributed by atoms with van der Waals surface area (Å²) < 4.78 is 47.6. The van der Waals surface area contributed by atoms with E-state index in [1.54, 1.807) is 11.4 Å². The van der Waals surface area contributed by atoms with Crippen molar-refractivity contribution in [2.75, 3.05) is 13.2 Å². The summed E-state index contributed by atoms with van der Waals surface area (Å²) in [5.74, 6) is 0. The molecule has 0 radical (unpaired) electrons. The Balaban J connectivity index is 1.71. The van der Waals surface area contributed by atoms with Gasteiger partial charge in [-0.1, -0.05) is 0 Å². The molecule has 0 aliphatic carbocycles. The van der Waals surface area contributed by atoms with Gasteiger partial charge in [0.2, 0.25) is 0 Å². The smallest absolute Gasteiger partial charge is 0.353 e. The Labute approximate surface area is 114 Å². The number of halogens is 3. The summed E-state index contributed by atoms with van der Waals surface area (Å²) >= 11 is 1.16. The summed E-state index contributed by atoms with van der Waals surface area (Å²) in [5, 5.41) is 1.77. The summed E-state index contributed by atoms with van der Waals surface area (Å²) in [6.07, 6.45) is -1.39. The lowest BCUT2D eigenvalue weighted by atomic mass is 10.2. The van der Waals surface area contributed by atoms with Crippen LogP contribution in [0.25, 0.3) is 0 Å². The maximum Gasteiger partial charge on any atom is 0.393 e. The molecule has 0 N–H and O–H groups in total. The van der Waals surface area contributed by atoms with Crippen molar-refractivity contribution in [3.63, 3.8) is 0 Å². The molecule has 19 heavy (non-hydrogen) atoms. The molecule has 0 saturated carbocycles. The Morgan fingerprint density at radius 2 is 2.21 bits per heavy atom. The monoisotopic (exact) mass is 294 g/mol. The highest BCUT2D eigenvalue weighted by Crippen LogP contribution is 2.26. The first-order chi connectivity index (χ1) is 9.03. The molecule has 2 rings (SSSR count). The van der Waals surface area contributed by atoms with Gasteiger partial charge in [0, 0.05) is 11.5 Å². The summed E-state index contributed by atoms with van der Waals surface area (Å²) in [7, 11) is 0. The molecule has 1 aromatic heterocycles. The van der Waals surface area contributed by atoms with Crippen molar-refractivity contribution in [2.24, 2.45) is 0 Å². The molecule has 1 unspecified atom stereocenters. The quantitative estimate of drug-likeness (QED) is 0.819. The zero-order valence-corrected chi connectivity index (χ0v) is 11.4. The van der Waals surface area contributed by atoms with Gasteiger partial charge in [0.05, 0.1) is 13.0 Å². The van der Waals surface area contributed by atoms with Gasteiger partial charge in [-0.2, -0.15) is 13.2 Å². The van der Waals surface area contributed by atoms with Gasteiger partial charge in [0.15, 0.2) is 6.29 Å². The number of thiophene rings is 1. The molecule has 1 aromatic rings. The zero-order chi connectivity index (χ0) is 13.7. The molecule has 1 fully saturated rings. The van der Waals surface area contributed by atoms with E-state index < -0.39 is 12.6 Å². The third kappa shape index (κ3) is 5.50. The van der Waals surface area contributed by atoms with Crippen LogP contribution < -0.4 is 0 Å². The highest BCUT2D eigenvalue weighted by atomic mass is 32.1. The molecule has 1 atom stereocenters. The molecule has 0 amide bonds. The molecule has 0 bridgehead atoms. The van der Waals surface area contributed by atoms with Crippen LogP contribution >= 0.6 is 11.3 Å². The summed E-state index contributed by atoms with van der Waals surface area (Å²) in [6, 6.07) is 1.61. The Morgan fingerprint density at radius 1 is 1.37 bits per heavy atom. The third-order valence-corrected chi connectivity index (χ3v) is 3.90. The van der Waals surface area contributed by atoms with Crippen molar-refractivity contribution in [3.8, 4) is 0 Å². The van der Waals surface area contributed by atoms with E-state index in [0.717, 1.165) is 42.8 Å². The van der Waals surface area contributed by atoms with Crippen LogP contribution in [0.1, 0.15) is 29.7 Å². The van der Waals surface area contributed by atoms with Crippen molar-refractivity contribution in [2.45, 2.75) is 44.6 Å². The third-order valence-electron chi connectivity index (χ3n) is 2.92. The Kier molecular flexibility index (Phi) is 5.24. The van der Waals surface area contributed by atoms with E-state index in [0.29, 0.717) is 17.9 Å². The molecule has 2 heterocycles. The predicted molar refractivity (Wildman–Crippen MR) is 67.3 cm³/mol. The highest BCUT2D eigenvalue weighted by molar-refractivity contribution is 7.10. The van der Waals surface area contributed by atoms with Crippen molar-refractivity contribution in [1.82, 2.24) is 0 Å². The predicted octanol–water partition coefficient (Wildman–Crippen LogP) is 3.94. The first-order valence-electron chi connectivity index (χ1n) is 6.39. The lowest BCUT2D eigenvalue weighted by Gasteiger charge is -2.22. The lowest BCUT2D eigenvalue weighted by Crippen LogP contribution is -2.23. The molecular weight excluding hydrogens is 277 g/mol. The number of hydrogen-bond donors (Lipinski definition) is 0. The van der Waals surface area contributed by atoms with Gasteiger partial charge in [-0.25, -0.2) is 0 Å². The van der Waals surface area contributed by atoms with Crippen LogP contribution in [-0.2, 0) is 22.3 Å². The molecule has 0 aromatic carbocycles. The van der Waals surface area contributed by atoms with Gasteiger partial charge < -0.3 is 9.47 Å². The van der Waals surface area contributed by atoms with E-state index in [-0.39, 0.29) is 6.29 Å². The minimum atomic E-state index is -4.13. The molecule has 6 heteroatoms. The van der Waals surface area contributed by atoms with E-state index in [2.05, 4.69) is 0 Å². The van der Waals surface area contributed by atoms with Crippen LogP contribution in [0.2, 0.25) is 0 Å². The number of rotatable bonds is 5. The molecule has 0 spiro atoms. The average Bonchev–Trinajstić information content (AvgIpc) is 2.76. The topological polar surface area (TPSA) is 18.5 Å². The SMILES string of the molecule is FC(F)(F)Cc1cc(CCOC2CCCCO2)cs1. The molecule has 1 aliphatic rings. The molecule has 2 nitrogen and oxygen atoms in total. The van der Waals surface area contributed by atoms with Crippen molar-refractivity contribution in [3.05, 3.63) is 21.9 Å². The van der Waals surface area contributed by atoms with Crippen LogP contribution in [0.4, 0.5) is 13.2 Å². The van der Waals surface area contributed by atoms with Crippen LogP contribution in [-0.4, -0.2) is 25.7 Å². The van der Waals surface area contributed by atoms with Gasteiger partial charge in [0.1, 0.15) is 0 Å². The normalized spacial score (nSPS) is 20.7. The van der Waals surface area contributed by atoms with Gasteiger partial charge >= 0.3 is 6.18 Å². The zero-order valence-electron chi connectivity index (χ0n) is 10.5. The lowest BCUT2D eigenvalue weighted by molar-refractivity contribution is -0.161. The van der Waals surface area contributed by atoms with Crippen LogP contribution in [0.5, 0.6) is 0 Å². The summed E-state index contributed by atoms with van der Waals surface area (Å²) in [4.78, 5) is 0.358. The van der Waals surface area contributed by atoms with Gasteiger partial charge in [0.25, 0.3) is 0 Å². The summed E-state index contributed by atoms with van der Waals surface area (Å²) in [6.45, 7) is 1.23. The second-order valence-electron chi connectivity index (χ2n) is 4.63. The van der Waals surface area contributed by atoms with E-state index in [4.69, 9.17) is 9.47 Å². The van der Waals surface area contributed by atoms with Crippen LogP contribution in [0.3, 0.4) is 0 Å². The number of alkyl halides is 3. The maximum absolute atomic E-state index is 12.2. The van der Waals surface area contributed by atoms with E-state index in [1.807, 2.05) is 0 Å². The molecule has 1 saturated heterocycles. The van der Waals surface area contributed by atoms with Gasteiger partial charge in [-0.05, 0) is 42.7 Å². The molecular formula is C13H17F3O2S. The Morgan fingerprint density at radius 3 is 2.89 bits per heavy atom. The number of ether oxygens (including phenoxy) is 2. The van der Waals surface area contributed by atoms with Gasteiger partial charge in [-0.3, -0.25) is 0 Å². The first-order valence-corrected chi connectivity index (χ1v) is 7.27. The van der Waals surface area contributed by atoms with E-state index >= 15 is 0 Å². The maximum atomic E-state index is 12.2. The highest BCUT2D eigenvalue weighted by Gasteiger charge is 2.28. The largest absolute Gasteiger partial charge is 0.393 e. The van der Waals surface area contributed by atoms with Gasteiger partial charge in [-0.15, -0.1) is 11.3 Å². The number of hydrogen-bond acceptors (Lipinski definition) is 3. The standard InChI is InChI=1S/C13H17F3O2S/c14-13(15,16)8-11-7-10(9-19-11)4-6-18-12-3-1-2-5-17-12/h7,9,12H,1-6,8H2. The average molecular weight is 294 g/mol. The van der Waals surface area contributed by atoms with Crippen molar-refractivity contribution < 1.29 is 22.6 Å². The van der Waals surface area contributed by atoms with Crippen LogP contribution in [0.15, 0.2) is 11.4 Å². The van der Waals surface area contributed by atoms with Crippen molar-refractivity contribution >= 4 is 11.3 Å². The Hall–Kier alpha value is -0.590. The fourth-order valence-electron chi connectivity index (χ4n) is 2.00. The van der Waals surface area contributed by atoms with Crippen molar-refractivity contribution in [1.29, 1.82) is 0 Å². The molecule has 1 aliphatic heterocycles. The molecule has 108 valence electrons. The fraction of sp³-hybridized carbons (Fsp3) is 0.692. The first kappa shape index (κ1) is 14.8. The van der Waals surface area contributed by atoms with Crippen LogP contribution in [0, 0.1) is 0 Å². The second kappa shape index (κ2) is 6.72. The Bertz CT molecular complexity index is 383. The van der Waals surface area contributed by atoms with E-state index in [9.17, 15) is 13.2 Å².